The van der Waals surface area contributed by atoms with Gasteiger partial charge < -0.3 is 19.0 Å². The number of aromatic amines is 1. The highest BCUT2D eigenvalue weighted by Crippen LogP contribution is 2.33. The summed E-state index contributed by atoms with van der Waals surface area (Å²) in [4.78, 5) is 37.6. The van der Waals surface area contributed by atoms with Crippen molar-refractivity contribution in [2.75, 3.05) is 20.7 Å². The number of esters is 1. The maximum Gasteiger partial charge on any atom is 0.325 e. The summed E-state index contributed by atoms with van der Waals surface area (Å²) >= 11 is 0. The zero-order valence-corrected chi connectivity index (χ0v) is 19.4. The van der Waals surface area contributed by atoms with Crippen molar-refractivity contribution in [2.45, 2.75) is 0 Å². The first kappa shape index (κ1) is 22.6. The van der Waals surface area contributed by atoms with Crippen LogP contribution in [0.3, 0.4) is 0 Å². The number of carbonyl (C=O) groups is 2. The van der Waals surface area contributed by atoms with Crippen molar-refractivity contribution in [1.82, 2.24) is 24.4 Å². The standard InChI is InChI=1S/C26H20N6O4/c1-31(15-22(33)35-2)26(34)16(13-27)12-18-8-9-21(36-18)25-30-20-14-29-24-19(10-11-28-24)23(20)32(25)17-6-4-3-5-7-17/h3-12,14H,15H2,1-2H3,(H,28,29)/b16-12+. The van der Waals surface area contributed by atoms with Gasteiger partial charge in [0.1, 0.15) is 35.1 Å². The van der Waals surface area contributed by atoms with E-state index < -0.39 is 11.9 Å². The van der Waals surface area contributed by atoms with E-state index in [0.717, 1.165) is 27.1 Å². The van der Waals surface area contributed by atoms with Crippen LogP contribution in [0, 0.1) is 11.3 Å². The van der Waals surface area contributed by atoms with Gasteiger partial charge in [0.25, 0.3) is 5.91 Å². The van der Waals surface area contributed by atoms with Gasteiger partial charge >= 0.3 is 5.97 Å². The Bertz CT molecular complexity index is 1670. The van der Waals surface area contributed by atoms with E-state index in [0.29, 0.717) is 17.1 Å². The molecule has 0 saturated heterocycles. The third-order valence-electron chi connectivity index (χ3n) is 5.64. The fourth-order valence-electron chi connectivity index (χ4n) is 3.93. The summed E-state index contributed by atoms with van der Waals surface area (Å²) in [6.07, 6.45) is 4.86. The number of nitrogens with zero attached hydrogens (tertiary/aromatic N) is 5. The second-order valence-corrected chi connectivity index (χ2v) is 7.95. The quantitative estimate of drug-likeness (QED) is 0.223. The molecule has 0 aliphatic heterocycles. The fourth-order valence-corrected chi connectivity index (χ4v) is 3.93. The van der Waals surface area contributed by atoms with Crippen molar-refractivity contribution in [3.8, 4) is 23.3 Å². The molecule has 10 heteroatoms. The molecular formula is C26H20N6O4. The lowest BCUT2D eigenvalue weighted by molar-refractivity contribution is -0.144. The van der Waals surface area contributed by atoms with Crippen molar-refractivity contribution in [2.24, 2.45) is 0 Å². The SMILES string of the molecule is COC(=O)CN(C)C(=O)/C(C#N)=C/c1ccc(-c2nc3cnc4[nH]ccc4c3n2-c2ccccc2)o1. The predicted octanol–water partition coefficient (Wildman–Crippen LogP) is 3.70. The molecule has 0 saturated carbocycles. The molecule has 10 nitrogen and oxygen atoms in total. The molecule has 1 N–H and O–H groups in total. The van der Waals surface area contributed by atoms with Gasteiger partial charge in [-0.05, 0) is 30.3 Å². The normalized spacial score (nSPS) is 11.5. The van der Waals surface area contributed by atoms with E-state index in [1.807, 2.05) is 53.2 Å². The average molecular weight is 480 g/mol. The van der Waals surface area contributed by atoms with E-state index >= 15 is 0 Å². The second-order valence-electron chi connectivity index (χ2n) is 7.95. The van der Waals surface area contributed by atoms with E-state index in [-0.39, 0.29) is 17.9 Å². The van der Waals surface area contributed by atoms with Crippen LogP contribution in [-0.2, 0) is 14.3 Å². The first-order chi connectivity index (χ1) is 17.5. The number of furan rings is 1. The molecule has 0 fully saturated rings. The number of hydrogen-bond donors (Lipinski definition) is 1. The lowest BCUT2D eigenvalue weighted by atomic mass is 10.2. The molecule has 0 bridgehead atoms. The maximum atomic E-state index is 12.6. The molecule has 0 spiro atoms. The number of benzene rings is 1. The largest absolute Gasteiger partial charge is 0.468 e. The van der Waals surface area contributed by atoms with Crippen LogP contribution in [0.4, 0.5) is 0 Å². The highest BCUT2D eigenvalue weighted by atomic mass is 16.5. The Morgan fingerprint density at radius 3 is 2.78 bits per heavy atom. The van der Waals surface area contributed by atoms with Gasteiger partial charge in [0.2, 0.25) is 0 Å². The van der Waals surface area contributed by atoms with Crippen LogP contribution in [0.25, 0.3) is 45.4 Å². The number of methoxy groups -OCH3 is 1. The van der Waals surface area contributed by atoms with Gasteiger partial charge in [0.05, 0.1) is 18.8 Å². The van der Waals surface area contributed by atoms with Crippen molar-refractivity contribution in [3.05, 3.63) is 72.3 Å². The number of para-hydroxylation sites is 1. The Hall–Kier alpha value is -5.17. The summed E-state index contributed by atoms with van der Waals surface area (Å²) in [6.45, 7) is -0.277. The molecule has 0 unspecified atom stereocenters. The number of H-pyrrole nitrogens is 1. The van der Waals surface area contributed by atoms with Crippen LogP contribution in [0.1, 0.15) is 5.76 Å². The Morgan fingerprint density at radius 2 is 2.03 bits per heavy atom. The first-order valence-corrected chi connectivity index (χ1v) is 10.9. The molecule has 4 heterocycles. The monoisotopic (exact) mass is 480 g/mol. The van der Waals surface area contributed by atoms with Crippen LogP contribution < -0.4 is 0 Å². The highest BCUT2D eigenvalue weighted by Gasteiger charge is 2.21. The summed E-state index contributed by atoms with van der Waals surface area (Å²) in [6, 6.07) is 16.9. The van der Waals surface area contributed by atoms with E-state index in [1.54, 1.807) is 18.3 Å². The number of nitriles is 1. The van der Waals surface area contributed by atoms with Gasteiger partial charge in [-0.2, -0.15) is 5.26 Å². The molecule has 1 aromatic carbocycles. The number of rotatable bonds is 6. The van der Waals surface area contributed by atoms with Crippen LogP contribution in [0.2, 0.25) is 0 Å². The molecule has 1 amide bonds. The lowest BCUT2D eigenvalue weighted by Crippen LogP contribution is -2.33. The van der Waals surface area contributed by atoms with E-state index in [1.165, 1.54) is 20.2 Å². The van der Waals surface area contributed by atoms with Gasteiger partial charge in [0, 0.05) is 30.4 Å². The number of aromatic nitrogens is 4. The Labute approximate surface area is 205 Å². The van der Waals surface area contributed by atoms with Gasteiger partial charge in [-0.3, -0.25) is 14.2 Å². The molecule has 0 aliphatic carbocycles. The lowest BCUT2D eigenvalue weighted by Gasteiger charge is -2.14. The number of nitrogens with one attached hydrogen (secondary N) is 1. The zero-order valence-electron chi connectivity index (χ0n) is 19.4. The molecule has 178 valence electrons. The van der Waals surface area contributed by atoms with Gasteiger partial charge in [-0.25, -0.2) is 9.97 Å². The molecule has 36 heavy (non-hydrogen) atoms. The summed E-state index contributed by atoms with van der Waals surface area (Å²) < 4.78 is 12.6. The third kappa shape index (κ3) is 3.99. The zero-order chi connectivity index (χ0) is 25.2. The number of pyridine rings is 1. The van der Waals surface area contributed by atoms with Crippen molar-refractivity contribution < 1.29 is 18.7 Å². The summed E-state index contributed by atoms with van der Waals surface area (Å²) in [5.41, 5.74) is 2.99. The van der Waals surface area contributed by atoms with Gasteiger partial charge in [-0.15, -0.1) is 0 Å². The summed E-state index contributed by atoms with van der Waals surface area (Å²) in [5.74, 6) is 0.0575. The molecule has 0 aliphatic rings. The smallest absolute Gasteiger partial charge is 0.325 e. The number of imidazole rings is 1. The van der Waals surface area contributed by atoms with Crippen LogP contribution in [0.5, 0.6) is 0 Å². The van der Waals surface area contributed by atoms with Crippen LogP contribution >= 0.6 is 0 Å². The Kier molecular flexibility index (Phi) is 5.80. The number of carbonyl (C=O) groups excluding carboxylic acids is 2. The average Bonchev–Trinajstić information content (AvgIpc) is 3.64. The number of amides is 1. The number of hydrogen-bond acceptors (Lipinski definition) is 7. The minimum absolute atomic E-state index is 0.183. The van der Waals surface area contributed by atoms with Crippen molar-refractivity contribution in [3.63, 3.8) is 0 Å². The first-order valence-electron chi connectivity index (χ1n) is 10.9. The topological polar surface area (TPSA) is 130 Å². The fraction of sp³-hybridized carbons (Fsp3) is 0.115. The molecular weight excluding hydrogens is 460 g/mol. The number of fused-ring (bicyclic) bond motifs is 3. The Balaban J connectivity index is 1.58. The van der Waals surface area contributed by atoms with Gasteiger partial charge in [0.15, 0.2) is 11.6 Å². The Morgan fingerprint density at radius 1 is 1.22 bits per heavy atom. The van der Waals surface area contributed by atoms with Gasteiger partial charge in [-0.1, -0.05) is 18.2 Å². The minimum Gasteiger partial charge on any atom is -0.468 e. The molecule has 0 radical (unpaired) electrons. The van der Waals surface area contributed by atoms with E-state index in [2.05, 4.69) is 14.7 Å². The van der Waals surface area contributed by atoms with E-state index in [9.17, 15) is 14.9 Å². The van der Waals surface area contributed by atoms with Crippen molar-refractivity contribution in [1.29, 1.82) is 5.26 Å². The third-order valence-corrected chi connectivity index (χ3v) is 5.64. The molecule has 5 aromatic rings. The summed E-state index contributed by atoms with van der Waals surface area (Å²) in [5, 5.41) is 10.5. The molecule has 5 rings (SSSR count). The van der Waals surface area contributed by atoms with Crippen LogP contribution in [0.15, 0.2) is 70.9 Å². The summed E-state index contributed by atoms with van der Waals surface area (Å²) in [7, 11) is 2.64. The maximum absolute atomic E-state index is 12.6. The second kappa shape index (κ2) is 9.23. The van der Waals surface area contributed by atoms with E-state index in [4.69, 9.17) is 9.40 Å². The van der Waals surface area contributed by atoms with Crippen molar-refractivity contribution >= 4 is 40.0 Å². The minimum atomic E-state index is -0.627. The molecule has 4 aromatic heterocycles. The highest BCUT2D eigenvalue weighted by molar-refractivity contribution is 6.04. The number of ether oxygens (including phenoxy) is 1. The predicted molar refractivity (Wildman–Crippen MR) is 132 cm³/mol. The number of likely N-dealkylation sites (N-methyl/N-ethyl adjacent to an activating group) is 1. The molecule has 0 atom stereocenters. The van der Waals surface area contributed by atoms with Crippen LogP contribution in [-0.4, -0.2) is 57.0 Å².